The molecule has 3 heteroatoms. The number of nitrogens with one attached hydrogen (secondary N) is 1. The fraction of sp³-hybridized carbons (Fsp3) is 0.556. The first-order valence-corrected chi connectivity index (χ1v) is 7.60. The Hall–Kier alpha value is -1.48. The van der Waals surface area contributed by atoms with Crippen LogP contribution in [-0.4, -0.2) is 26.8 Å². The predicted molar refractivity (Wildman–Crippen MR) is 89.1 cm³/mol. The van der Waals surface area contributed by atoms with Gasteiger partial charge in [-0.05, 0) is 43.1 Å². The third-order valence-electron chi connectivity index (χ3n) is 3.58. The van der Waals surface area contributed by atoms with Crippen molar-refractivity contribution in [1.82, 2.24) is 5.32 Å². The fourth-order valence-electron chi connectivity index (χ4n) is 1.98. The van der Waals surface area contributed by atoms with Crippen LogP contribution in [0.1, 0.15) is 27.2 Å². The maximum Gasteiger partial charge on any atom is 0.119 e. The lowest BCUT2D eigenvalue weighted by atomic mass is 9.87. The minimum absolute atomic E-state index is 0.0569. The van der Waals surface area contributed by atoms with Crippen molar-refractivity contribution in [3.63, 3.8) is 0 Å². The number of methoxy groups -OCH3 is 1. The van der Waals surface area contributed by atoms with E-state index >= 15 is 0 Å². The molecule has 0 spiro atoms. The molecule has 1 N–H and O–H groups in total. The molecule has 21 heavy (non-hydrogen) atoms. The van der Waals surface area contributed by atoms with Crippen molar-refractivity contribution in [1.29, 1.82) is 0 Å². The second-order valence-electron chi connectivity index (χ2n) is 6.16. The van der Waals surface area contributed by atoms with Gasteiger partial charge in [0, 0.05) is 12.0 Å². The zero-order valence-electron chi connectivity index (χ0n) is 13.8. The smallest absolute Gasteiger partial charge is 0.119 e. The lowest BCUT2D eigenvalue weighted by Crippen LogP contribution is -2.33. The molecule has 0 saturated heterocycles. The molecule has 0 aliphatic rings. The van der Waals surface area contributed by atoms with Gasteiger partial charge in [-0.1, -0.05) is 26.8 Å². The van der Waals surface area contributed by atoms with Crippen LogP contribution in [0.25, 0.3) is 0 Å². The molecule has 0 radical (unpaired) electrons. The van der Waals surface area contributed by atoms with Gasteiger partial charge in [0.1, 0.15) is 11.5 Å². The first-order valence-electron chi connectivity index (χ1n) is 7.60. The molecule has 0 heterocycles. The molecule has 1 unspecified atom stereocenters. The van der Waals surface area contributed by atoms with Gasteiger partial charge < -0.3 is 14.8 Å². The van der Waals surface area contributed by atoms with Crippen molar-refractivity contribution in [2.45, 2.75) is 27.2 Å². The molecular weight excluding hydrogens is 262 g/mol. The van der Waals surface area contributed by atoms with Crippen LogP contribution in [-0.2, 0) is 0 Å². The summed E-state index contributed by atoms with van der Waals surface area (Å²) in [6, 6.07) is 7.68. The van der Waals surface area contributed by atoms with Gasteiger partial charge >= 0.3 is 0 Å². The summed E-state index contributed by atoms with van der Waals surface area (Å²) in [6.45, 7) is 13.2. The summed E-state index contributed by atoms with van der Waals surface area (Å²) >= 11 is 0. The highest BCUT2D eigenvalue weighted by molar-refractivity contribution is 5.31. The van der Waals surface area contributed by atoms with Crippen LogP contribution in [0.4, 0.5) is 0 Å². The van der Waals surface area contributed by atoms with E-state index < -0.39 is 0 Å². The zero-order chi connectivity index (χ0) is 15.7. The van der Waals surface area contributed by atoms with Crippen LogP contribution in [0.2, 0.25) is 0 Å². The van der Waals surface area contributed by atoms with Crippen LogP contribution in [0, 0.1) is 11.3 Å². The Balaban J connectivity index is 2.37. The molecule has 0 amide bonds. The molecule has 0 bridgehead atoms. The van der Waals surface area contributed by atoms with Crippen molar-refractivity contribution >= 4 is 0 Å². The average Bonchev–Trinajstić information content (AvgIpc) is 2.47. The number of benzene rings is 1. The summed E-state index contributed by atoms with van der Waals surface area (Å²) in [5.41, 5.74) is 0.0569. The summed E-state index contributed by atoms with van der Waals surface area (Å²) < 4.78 is 10.9. The third-order valence-corrected chi connectivity index (χ3v) is 3.58. The van der Waals surface area contributed by atoms with Gasteiger partial charge in [-0.15, -0.1) is 6.58 Å². The molecule has 0 saturated carbocycles. The van der Waals surface area contributed by atoms with Gasteiger partial charge in [-0.2, -0.15) is 0 Å². The minimum Gasteiger partial charge on any atom is -0.497 e. The van der Waals surface area contributed by atoms with E-state index in [1.807, 2.05) is 30.3 Å². The zero-order valence-corrected chi connectivity index (χ0v) is 13.8. The van der Waals surface area contributed by atoms with Gasteiger partial charge in [0.05, 0.1) is 13.7 Å². The number of rotatable bonds is 10. The van der Waals surface area contributed by atoms with Crippen molar-refractivity contribution in [3.8, 4) is 11.5 Å². The first-order chi connectivity index (χ1) is 9.99. The van der Waals surface area contributed by atoms with E-state index in [1.165, 1.54) is 0 Å². The van der Waals surface area contributed by atoms with Gasteiger partial charge in [-0.25, -0.2) is 0 Å². The van der Waals surface area contributed by atoms with Crippen LogP contribution in [0.3, 0.4) is 0 Å². The van der Waals surface area contributed by atoms with Crippen LogP contribution < -0.4 is 14.8 Å². The van der Waals surface area contributed by atoms with E-state index in [2.05, 4.69) is 32.7 Å². The van der Waals surface area contributed by atoms with Crippen LogP contribution in [0.15, 0.2) is 36.9 Å². The summed E-state index contributed by atoms with van der Waals surface area (Å²) in [6.07, 6.45) is 2.96. The second kappa shape index (κ2) is 8.73. The Morgan fingerprint density at radius 2 is 1.86 bits per heavy atom. The van der Waals surface area contributed by atoms with Crippen LogP contribution >= 0.6 is 0 Å². The van der Waals surface area contributed by atoms with Crippen molar-refractivity contribution in [2.75, 3.05) is 26.8 Å². The van der Waals surface area contributed by atoms with Gasteiger partial charge in [-0.3, -0.25) is 0 Å². The fourth-order valence-corrected chi connectivity index (χ4v) is 1.98. The van der Waals surface area contributed by atoms with Crippen LogP contribution in [0.5, 0.6) is 11.5 Å². The van der Waals surface area contributed by atoms with E-state index in [0.717, 1.165) is 31.0 Å². The van der Waals surface area contributed by atoms with Gasteiger partial charge in [0.2, 0.25) is 0 Å². The minimum atomic E-state index is 0.0569. The Morgan fingerprint density at radius 3 is 2.38 bits per heavy atom. The summed E-state index contributed by atoms with van der Waals surface area (Å²) in [4.78, 5) is 0. The Bertz CT molecular complexity index is 414. The first kappa shape index (κ1) is 17.6. The van der Waals surface area contributed by atoms with E-state index in [4.69, 9.17) is 9.47 Å². The molecule has 1 rings (SSSR count). The lowest BCUT2D eigenvalue weighted by Gasteiger charge is -2.26. The van der Waals surface area contributed by atoms with E-state index in [0.29, 0.717) is 12.5 Å². The van der Waals surface area contributed by atoms with E-state index in [-0.39, 0.29) is 5.41 Å². The molecule has 0 aromatic heterocycles. The van der Waals surface area contributed by atoms with E-state index in [1.54, 1.807) is 7.11 Å². The van der Waals surface area contributed by atoms with Crippen molar-refractivity contribution in [3.05, 3.63) is 36.9 Å². The Labute approximate surface area is 129 Å². The second-order valence-corrected chi connectivity index (χ2v) is 6.16. The number of ether oxygens (including phenoxy) is 2. The molecule has 1 aromatic rings. The Kier molecular flexibility index (Phi) is 7.30. The summed E-state index contributed by atoms with van der Waals surface area (Å²) in [7, 11) is 1.66. The standard InChI is InChI=1S/C18H29NO2/c1-6-18(4,14-19-13-15(2)3)11-12-21-17-9-7-16(20-5)8-10-17/h6-10,15,19H,1,11-14H2,2-5H3. The largest absolute Gasteiger partial charge is 0.497 e. The average molecular weight is 291 g/mol. The van der Waals surface area contributed by atoms with Gasteiger partial charge in [0.25, 0.3) is 0 Å². The van der Waals surface area contributed by atoms with E-state index in [9.17, 15) is 0 Å². The summed E-state index contributed by atoms with van der Waals surface area (Å²) in [5, 5.41) is 3.50. The molecule has 3 nitrogen and oxygen atoms in total. The molecule has 0 aliphatic heterocycles. The van der Waals surface area contributed by atoms with Crippen molar-refractivity contribution in [2.24, 2.45) is 11.3 Å². The highest BCUT2D eigenvalue weighted by Gasteiger charge is 2.20. The highest BCUT2D eigenvalue weighted by Crippen LogP contribution is 2.23. The SMILES string of the molecule is C=CC(C)(CCOc1ccc(OC)cc1)CNCC(C)C. The van der Waals surface area contributed by atoms with Gasteiger partial charge in [0.15, 0.2) is 0 Å². The summed E-state index contributed by atoms with van der Waals surface area (Å²) in [5.74, 6) is 2.38. The molecular formula is C18H29NO2. The van der Waals surface area contributed by atoms with Crippen molar-refractivity contribution < 1.29 is 9.47 Å². The maximum atomic E-state index is 5.80. The Morgan fingerprint density at radius 1 is 1.24 bits per heavy atom. The predicted octanol–water partition coefficient (Wildman–Crippen LogP) is 3.90. The molecule has 1 aromatic carbocycles. The molecule has 1 atom stereocenters. The third kappa shape index (κ3) is 6.67. The molecule has 0 aliphatic carbocycles. The molecule has 118 valence electrons. The lowest BCUT2D eigenvalue weighted by molar-refractivity contribution is 0.243. The quantitative estimate of drug-likeness (QED) is 0.663. The number of hydrogen-bond acceptors (Lipinski definition) is 3. The number of hydrogen-bond donors (Lipinski definition) is 1. The molecule has 0 fully saturated rings. The maximum absolute atomic E-state index is 5.80. The highest BCUT2D eigenvalue weighted by atomic mass is 16.5. The topological polar surface area (TPSA) is 30.5 Å². The monoisotopic (exact) mass is 291 g/mol. The normalized spacial score (nSPS) is 13.8.